The second-order valence-corrected chi connectivity index (χ2v) is 8.31. The van der Waals surface area contributed by atoms with Crippen LogP contribution in [0.4, 0.5) is 0 Å². The second kappa shape index (κ2) is 7.32. The first-order chi connectivity index (χ1) is 14.6. The van der Waals surface area contributed by atoms with Crippen molar-refractivity contribution < 1.29 is 9.53 Å². The molecule has 30 heavy (non-hydrogen) atoms. The summed E-state index contributed by atoms with van der Waals surface area (Å²) in [5, 5.41) is 0. The van der Waals surface area contributed by atoms with E-state index in [9.17, 15) is 4.79 Å². The Bertz CT molecular complexity index is 1060. The number of carbonyl (C=O) groups is 1. The molecule has 2 aliphatic rings. The number of ether oxygens (including phenoxy) is 1. The first kappa shape index (κ1) is 18.9. The monoisotopic (exact) mass is 403 g/mol. The van der Waals surface area contributed by atoms with E-state index in [1.54, 1.807) is 12.4 Å². The summed E-state index contributed by atoms with van der Waals surface area (Å²) in [7, 11) is 0. The van der Waals surface area contributed by atoms with E-state index in [1.165, 1.54) is 5.56 Å². The molecule has 1 fully saturated rings. The van der Waals surface area contributed by atoms with Gasteiger partial charge < -0.3 is 14.2 Å². The summed E-state index contributed by atoms with van der Waals surface area (Å²) in [6, 6.07) is 8.56. The fourth-order valence-electron chi connectivity index (χ4n) is 4.51. The minimum absolute atomic E-state index is 0.0568. The van der Waals surface area contributed by atoms with Gasteiger partial charge in [-0.05, 0) is 32.3 Å². The third-order valence-corrected chi connectivity index (χ3v) is 6.24. The fraction of sp³-hybridized carbons (Fsp3) is 0.391. The van der Waals surface area contributed by atoms with Crippen LogP contribution in [-0.2, 0) is 16.9 Å². The lowest BCUT2D eigenvalue weighted by molar-refractivity contribution is -0.0276. The van der Waals surface area contributed by atoms with E-state index >= 15 is 0 Å². The Balaban J connectivity index is 1.41. The van der Waals surface area contributed by atoms with Crippen LogP contribution in [0, 0.1) is 13.8 Å². The van der Waals surface area contributed by atoms with Crippen LogP contribution in [0.3, 0.4) is 0 Å². The number of aryl methyl sites for hydroxylation is 2. The Hall–Kier alpha value is -3.06. The van der Waals surface area contributed by atoms with E-state index < -0.39 is 0 Å². The molecule has 1 spiro atoms. The number of hydrogen-bond donors (Lipinski definition) is 0. The molecule has 2 aliphatic heterocycles. The summed E-state index contributed by atoms with van der Waals surface area (Å²) in [5.41, 5.74) is 4.55. The molecule has 4 heterocycles. The highest BCUT2D eigenvalue weighted by Crippen LogP contribution is 2.39. The van der Waals surface area contributed by atoms with Crippen molar-refractivity contribution in [3.05, 3.63) is 65.6 Å². The van der Waals surface area contributed by atoms with Crippen molar-refractivity contribution in [3.8, 4) is 11.3 Å². The zero-order valence-electron chi connectivity index (χ0n) is 17.3. The van der Waals surface area contributed by atoms with E-state index in [0.717, 1.165) is 35.6 Å². The molecule has 0 saturated carbocycles. The molecule has 1 aromatic carbocycles. The smallest absolute Gasteiger partial charge is 0.274 e. The van der Waals surface area contributed by atoms with Gasteiger partial charge in [0.05, 0.1) is 35.9 Å². The van der Waals surface area contributed by atoms with Gasteiger partial charge in [-0.3, -0.25) is 9.78 Å². The Kier molecular flexibility index (Phi) is 4.62. The molecule has 3 aromatic rings. The van der Waals surface area contributed by atoms with E-state index in [1.807, 2.05) is 18.0 Å². The van der Waals surface area contributed by atoms with Crippen molar-refractivity contribution in [2.45, 2.75) is 38.8 Å². The van der Waals surface area contributed by atoms with Gasteiger partial charge in [0.25, 0.3) is 5.91 Å². The Morgan fingerprint density at radius 3 is 2.47 bits per heavy atom. The molecule has 0 radical (unpaired) electrons. The minimum atomic E-state index is -0.181. The van der Waals surface area contributed by atoms with Crippen LogP contribution in [0.25, 0.3) is 11.3 Å². The maximum atomic E-state index is 12.9. The first-order valence-corrected chi connectivity index (χ1v) is 10.4. The summed E-state index contributed by atoms with van der Waals surface area (Å²) >= 11 is 0. The van der Waals surface area contributed by atoms with Crippen molar-refractivity contribution in [2.75, 3.05) is 19.7 Å². The summed E-state index contributed by atoms with van der Waals surface area (Å²) < 4.78 is 8.31. The van der Waals surface area contributed by atoms with Gasteiger partial charge in [0, 0.05) is 19.3 Å². The summed E-state index contributed by atoms with van der Waals surface area (Å²) in [6.45, 7) is 6.43. The van der Waals surface area contributed by atoms with E-state index in [-0.39, 0.29) is 11.4 Å². The lowest BCUT2D eigenvalue weighted by Crippen LogP contribution is -2.52. The van der Waals surface area contributed by atoms with Crippen molar-refractivity contribution in [3.63, 3.8) is 0 Å². The van der Waals surface area contributed by atoms with Gasteiger partial charge in [-0.1, -0.05) is 29.8 Å². The molecular formula is C23H25N5O2. The Morgan fingerprint density at radius 1 is 1.00 bits per heavy atom. The maximum Gasteiger partial charge on any atom is 0.274 e. The quantitative estimate of drug-likeness (QED) is 0.657. The van der Waals surface area contributed by atoms with E-state index in [0.29, 0.717) is 32.0 Å². The number of carbonyl (C=O) groups excluding carboxylic acids is 1. The molecule has 1 saturated heterocycles. The second-order valence-electron chi connectivity index (χ2n) is 8.31. The van der Waals surface area contributed by atoms with E-state index in [4.69, 9.17) is 4.74 Å². The Morgan fingerprint density at radius 2 is 1.77 bits per heavy atom. The number of nitrogens with zero attached hydrogens (tertiary/aromatic N) is 5. The number of rotatable bonds is 2. The van der Waals surface area contributed by atoms with Crippen LogP contribution >= 0.6 is 0 Å². The van der Waals surface area contributed by atoms with Crippen LogP contribution in [0.2, 0.25) is 0 Å². The molecule has 0 aliphatic carbocycles. The lowest BCUT2D eigenvalue weighted by atomic mass is 9.86. The summed E-state index contributed by atoms with van der Waals surface area (Å²) in [4.78, 5) is 27.9. The molecule has 7 heteroatoms. The molecular weight excluding hydrogens is 378 g/mol. The number of benzene rings is 1. The number of fused-ring (bicyclic) bond motifs is 2. The predicted molar refractivity (Wildman–Crippen MR) is 112 cm³/mol. The third kappa shape index (κ3) is 3.19. The van der Waals surface area contributed by atoms with Crippen molar-refractivity contribution in [1.29, 1.82) is 0 Å². The zero-order valence-corrected chi connectivity index (χ0v) is 17.3. The highest BCUT2D eigenvalue weighted by atomic mass is 16.5. The molecule has 1 amide bonds. The predicted octanol–water partition coefficient (Wildman–Crippen LogP) is 3.12. The normalized spacial score (nSPS) is 17.7. The maximum absolute atomic E-state index is 12.9. The van der Waals surface area contributed by atoms with Gasteiger partial charge in [-0.15, -0.1) is 0 Å². The molecule has 154 valence electrons. The van der Waals surface area contributed by atoms with E-state index in [2.05, 4.69) is 50.7 Å². The van der Waals surface area contributed by atoms with Gasteiger partial charge in [-0.25, -0.2) is 9.97 Å². The SMILES string of the molecule is Cc1ccc(-c2cnc3n2C2(CCN(C(=O)c4cnc(C)cn4)CC2)COC3)cc1. The minimum Gasteiger partial charge on any atom is -0.371 e. The number of amides is 1. The first-order valence-electron chi connectivity index (χ1n) is 10.4. The van der Waals surface area contributed by atoms with Crippen LogP contribution < -0.4 is 0 Å². The molecule has 0 atom stereocenters. The van der Waals surface area contributed by atoms with Crippen molar-refractivity contribution in [1.82, 2.24) is 24.4 Å². The topological polar surface area (TPSA) is 73.1 Å². The molecule has 2 aromatic heterocycles. The van der Waals surface area contributed by atoms with Crippen LogP contribution in [0.1, 0.15) is 40.4 Å². The van der Waals surface area contributed by atoms with Crippen molar-refractivity contribution >= 4 is 5.91 Å². The number of likely N-dealkylation sites (tertiary alicyclic amines) is 1. The van der Waals surface area contributed by atoms with Crippen molar-refractivity contribution in [2.24, 2.45) is 0 Å². The lowest BCUT2D eigenvalue weighted by Gasteiger charge is -2.46. The van der Waals surface area contributed by atoms with Gasteiger partial charge in [0.1, 0.15) is 18.1 Å². The Labute approximate surface area is 175 Å². The number of hydrogen-bond acceptors (Lipinski definition) is 5. The fourth-order valence-corrected chi connectivity index (χ4v) is 4.51. The number of aromatic nitrogens is 4. The molecule has 5 rings (SSSR count). The van der Waals surface area contributed by atoms with Gasteiger partial charge in [-0.2, -0.15) is 0 Å². The highest BCUT2D eigenvalue weighted by molar-refractivity contribution is 5.92. The average molecular weight is 403 g/mol. The molecule has 0 N–H and O–H groups in total. The highest BCUT2D eigenvalue weighted by Gasteiger charge is 2.43. The van der Waals surface area contributed by atoms with Crippen LogP contribution in [0.5, 0.6) is 0 Å². The third-order valence-electron chi connectivity index (χ3n) is 6.24. The standard InChI is InChI=1S/C23H25N5O2/c1-16-3-5-18(6-4-16)20-13-26-21-14-30-15-23(28(20)21)7-9-27(10-8-23)22(29)19-12-24-17(2)11-25-19/h3-6,11-13H,7-10,14-15H2,1-2H3. The van der Waals surface area contributed by atoms with Crippen LogP contribution in [-0.4, -0.2) is 50.0 Å². The average Bonchev–Trinajstić information content (AvgIpc) is 3.21. The summed E-state index contributed by atoms with van der Waals surface area (Å²) in [5.74, 6) is 0.902. The summed E-state index contributed by atoms with van der Waals surface area (Å²) in [6.07, 6.45) is 6.80. The zero-order chi connectivity index (χ0) is 20.7. The molecule has 7 nitrogen and oxygen atoms in total. The molecule has 0 unspecified atom stereocenters. The van der Waals surface area contributed by atoms with Gasteiger partial charge >= 0.3 is 0 Å². The van der Waals surface area contributed by atoms with Gasteiger partial charge in [0.2, 0.25) is 0 Å². The van der Waals surface area contributed by atoms with Crippen LogP contribution in [0.15, 0.2) is 42.9 Å². The molecule has 0 bridgehead atoms. The largest absolute Gasteiger partial charge is 0.371 e. The van der Waals surface area contributed by atoms with Gasteiger partial charge in [0.15, 0.2) is 0 Å². The number of piperidine rings is 1. The number of imidazole rings is 1.